The van der Waals surface area contributed by atoms with Crippen molar-refractivity contribution >= 4 is 17.9 Å². The molecule has 26 heavy (non-hydrogen) atoms. The molecule has 6 nitrogen and oxygen atoms in total. The Morgan fingerprint density at radius 2 is 1.88 bits per heavy atom. The van der Waals surface area contributed by atoms with E-state index in [1.807, 2.05) is 36.1 Å². The third-order valence-corrected chi connectivity index (χ3v) is 5.74. The van der Waals surface area contributed by atoms with E-state index >= 15 is 0 Å². The minimum Gasteiger partial charge on any atom is -0.450 e. The van der Waals surface area contributed by atoms with Gasteiger partial charge in [0, 0.05) is 31.5 Å². The molecule has 0 saturated carbocycles. The number of likely N-dealkylation sites (tertiary alicyclic amines) is 1. The van der Waals surface area contributed by atoms with Crippen molar-refractivity contribution in [2.24, 2.45) is 4.99 Å². The fourth-order valence-electron chi connectivity index (χ4n) is 4.06. The first-order valence-electron chi connectivity index (χ1n) is 9.37. The van der Waals surface area contributed by atoms with Gasteiger partial charge in [-0.25, -0.2) is 4.79 Å². The molecular formula is C20H24N2O4. The minimum absolute atomic E-state index is 0.195. The Bertz CT molecular complexity index is 780. The van der Waals surface area contributed by atoms with E-state index < -0.39 is 11.2 Å². The van der Waals surface area contributed by atoms with Gasteiger partial charge in [0.1, 0.15) is 5.60 Å². The molecule has 0 N–H and O–H groups in total. The number of amidine groups is 1. The normalized spacial score (nSPS) is 26.5. The van der Waals surface area contributed by atoms with E-state index in [9.17, 15) is 9.59 Å². The smallest absolute Gasteiger partial charge is 0.339 e. The summed E-state index contributed by atoms with van der Waals surface area (Å²) < 4.78 is 11.7. The maximum Gasteiger partial charge on any atom is 0.339 e. The number of rotatable bonds is 3. The molecule has 1 saturated heterocycles. The molecule has 1 spiro atoms. The third-order valence-electron chi connectivity index (χ3n) is 5.74. The van der Waals surface area contributed by atoms with Crippen LogP contribution in [0.1, 0.15) is 61.9 Å². The summed E-state index contributed by atoms with van der Waals surface area (Å²) in [5.74, 6) is -0.440. The van der Waals surface area contributed by atoms with Gasteiger partial charge in [-0.05, 0) is 25.8 Å². The van der Waals surface area contributed by atoms with Crippen molar-refractivity contribution in [3.05, 3.63) is 35.4 Å². The Morgan fingerprint density at radius 3 is 2.62 bits per heavy atom. The molecule has 1 unspecified atom stereocenters. The van der Waals surface area contributed by atoms with Gasteiger partial charge in [0.25, 0.3) is 11.9 Å². The highest BCUT2D eigenvalue weighted by Crippen LogP contribution is 2.44. The molecule has 6 heteroatoms. The van der Waals surface area contributed by atoms with Crippen LogP contribution in [0.4, 0.5) is 0 Å². The van der Waals surface area contributed by atoms with Crippen LogP contribution < -0.4 is 0 Å². The molecule has 1 aromatic carbocycles. The summed E-state index contributed by atoms with van der Waals surface area (Å²) in [6, 6.07) is 8.02. The molecule has 0 bridgehead atoms. The van der Waals surface area contributed by atoms with E-state index in [0.717, 1.165) is 18.4 Å². The zero-order valence-electron chi connectivity index (χ0n) is 15.3. The second-order valence-corrected chi connectivity index (χ2v) is 7.55. The van der Waals surface area contributed by atoms with Crippen LogP contribution in [0, 0.1) is 0 Å². The number of nitrogens with zero attached hydrogens (tertiary/aromatic N) is 2. The zero-order chi connectivity index (χ0) is 18.4. The number of carbonyl (C=O) groups excluding carboxylic acids is 2. The molecule has 0 aliphatic carbocycles. The molecule has 1 amide bonds. The number of esters is 1. The summed E-state index contributed by atoms with van der Waals surface area (Å²) in [5, 5.41) is 0. The van der Waals surface area contributed by atoms with Gasteiger partial charge in [-0.3, -0.25) is 4.79 Å². The Labute approximate surface area is 153 Å². The minimum atomic E-state index is -0.840. The van der Waals surface area contributed by atoms with Gasteiger partial charge in [0.15, 0.2) is 5.60 Å². The first kappa shape index (κ1) is 17.1. The van der Waals surface area contributed by atoms with Crippen molar-refractivity contribution < 1.29 is 19.1 Å². The molecule has 3 aliphatic rings. The topological polar surface area (TPSA) is 68.2 Å². The number of piperidine rings is 1. The van der Waals surface area contributed by atoms with Crippen LogP contribution >= 0.6 is 0 Å². The van der Waals surface area contributed by atoms with E-state index in [-0.39, 0.29) is 11.9 Å². The van der Waals surface area contributed by atoms with Gasteiger partial charge < -0.3 is 14.4 Å². The van der Waals surface area contributed by atoms with E-state index in [0.29, 0.717) is 43.9 Å². The summed E-state index contributed by atoms with van der Waals surface area (Å²) in [6.45, 7) is 5.19. The van der Waals surface area contributed by atoms with E-state index in [4.69, 9.17) is 9.47 Å². The molecule has 3 aliphatic heterocycles. The Kier molecular flexibility index (Phi) is 4.01. The quantitative estimate of drug-likeness (QED) is 0.779. The lowest BCUT2D eigenvalue weighted by Crippen LogP contribution is -2.46. The van der Waals surface area contributed by atoms with E-state index in [2.05, 4.69) is 11.9 Å². The predicted molar refractivity (Wildman–Crippen MR) is 95.8 cm³/mol. The molecule has 1 fully saturated rings. The van der Waals surface area contributed by atoms with Gasteiger partial charge in [-0.1, -0.05) is 31.5 Å². The number of aliphatic imine (C=N–C) groups is 1. The number of unbranched alkanes of at least 4 members (excludes halogenated alkanes) is 1. The van der Waals surface area contributed by atoms with Crippen LogP contribution in [-0.4, -0.2) is 41.5 Å². The van der Waals surface area contributed by atoms with Crippen molar-refractivity contribution in [3.63, 3.8) is 0 Å². The molecule has 1 atom stereocenters. The third kappa shape index (κ3) is 2.59. The van der Waals surface area contributed by atoms with Crippen molar-refractivity contribution in [1.82, 2.24) is 4.90 Å². The van der Waals surface area contributed by atoms with Crippen LogP contribution in [0.3, 0.4) is 0 Å². The monoisotopic (exact) mass is 356 g/mol. The van der Waals surface area contributed by atoms with Crippen molar-refractivity contribution in [2.75, 3.05) is 13.1 Å². The van der Waals surface area contributed by atoms with E-state index in [1.165, 1.54) is 0 Å². The van der Waals surface area contributed by atoms with E-state index in [1.54, 1.807) is 0 Å². The fraction of sp³-hybridized carbons (Fsp3) is 0.550. The summed E-state index contributed by atoms with van der Waals surface area (Å²) >= 11 is 0. The van der Waals surface area contributed by atoms with Crippen LogP contribution in [0.15, 0.2) is 29.3 Å². The molecule has 3 heterocycles. The Balaban J connectivity index is 1.46. The SMILES string of the molecule is CCCCC1(C)OC(N2CCC3(CC2)OC(=O)c2ccccc23)=NC1=O. The van der Waals surface area contributed by atoms with Crippen molar-refractivity contribution in [2.45, 2.75) is 57.2 Å². The number of fused-ring (bicyclic) bond motifs is 2. The largest absolute Gasteiger partial charge is 0.450 e. The molecule has 1 aromatic rings. The average molecular weight is 356 g/mol. The van der Waals surface area contributed by atoms with Crippen LogP contribution in [0.2, 0.25) is 0 Å². The maximum atomic E-state index is 12.3. The highest BCUT2D eigenvalue weighted by Gasteiger charge is 2.49. The predicted octanol–water partition coefficient (Wildman–Crippen LogP) is 3.01. The summed E-state index contributed by atoms with van der Waals surface area (Å²) in [6.07, 6.45) is 3.95. The van der Waals surface area contributed by atoms with Gasteiger partial charge in [-0.15, -0.1) is 0 Å². The fourth-order valence-corrected chi connectivity index (χ4v) is 4.06. The van der Waals surface area contributed by atoms with Crippen molar-refractivity contribution in [3.8, 4) is 0 Å². The van der Waals surface area contributed by atoms with Crippen LogP contribution in [0.25, 0.3) is 0 Å². The van der Waals surface area contributed by atoms with Crippen molar-refractivity contribution in [1.29, 1.82) is 0 Å². The number of amides is 1. The Morgan fingerprint density at radius 1 is 1.15 bits per heavy atom. The van der Waals surface area contributed by atoms with Crippen LogP contribution in [0.5, 0.6) is 0 Å². The first-order valence-corrected chi connectivity index (χ1v) is 9.37. The number of hydrogen-bond donors (Lipinski definition) is 0. The molecular weight excluding hydrogens is 332 g/mol. The number of ether oxygens (including phenoxy) is 2. The van der Waals surface area contributed by atoms with Crippen LogP contribution in [-0.2, 0) is 19.9 Å². The molecule has 138 valence electrons. The lowest BCUT2D eigenvalue weighted by Gasteiger charge is -2.39. The highest BCUT2D eigenvalue weighted by atomic mass is 16.6. The van der Waals surface area contributed by atoms with Gasteiger partial charge in [0.2, 0.25) is 0 Å². The zero-order valence-corrected chi connectivity index (χ0v) is 15.3. The van der Waals surface area contributed by atoms with Gasteiger partial charge in [-0.2, -0.15) is 4.99 Å². The maximum absolute atomic E-state index is 12.3. The standard InChI is InChI=1S/C20H24N2O4/c1-3-4-9-19(2)17(24)21-18(26-19)22-12-10-20(11-13-22)15-8-6-5-7-14(15)16(23)25-20/h5-8H,3-4,9-13H2,1-2H3. The lowest BCUT2D eigenvalue weighted by atomic mass is 9.84. The van der Waals surface area contributed by atoms with Gasteiger partial charge in [0.05, 0.1) is 5.56 Å². The number of carbonyl (C=O) groups is 2. The first-order chi connectivity index (χ1) is 12.5. The molecule has 0 aromatic heterocycles. The summed E-state index contributed by atoms with van der Waals surface area (Å²) in [4.78, 5) is 30.6. The summed E-state index contributed by atoms with van der Waals surface area (Å²) in [5.41, 5.74) is 0.242. The second-order valence-electron chi connectivity index (χ2n) is 7.55. The number of hydrogen-bond acceptors (Lipinski definition) is 5. The number of benzene rings is 1. The van der Waals surface area contributed by atoms with Gasteiger partial charge >= 0.3 is 5.97 Å². The second kappa shape index (κ2) is 6.11. The Hall–Kier alpha value is -2.37. The summed E-state index contributed by atoms with van der Waals surface area (Å²) in [7, 11) is 0. The average Bonchev–Trinajstić information content (AvgIpc) is 3.09. The molecule has 4 rings (SSSR count). The molecule has 0 radical (unpaired) electrons. The lowest BCUT2D eigenvalue weighted by molar-refractivity contribution is -0.130. The highest BCUT2D eigenvalue weighted by molar-refractivity contribution is 6.01.